The van der Waals surface area contributed by atoms with Crippen molar-refractivity contribution < 1.29 is 26.4 Å². The van der Waals surface area contributed by atoms with Gasteiger partial charge in [-0.2, -0.15) is 17.5 Å². The van der Waals surface area contributed by atoms with E-state index < -0.39 is 31.7 Å². The summed E-state index contributed by atoms with van der Waals surface area (Å²) >= 11 is 5.58. The van der Waals surface area contributed by atoms with E-state index in [1.165, 1.54) is 5.56 Å². The number of piperidine rings is 1. The Morgan fingerprint density at radius 3 is 2.38 bits per heavy atom. The smallest absolute Gasteiger partial charge is 0.356 e. The van der Waals surface area contributed by atoms with Gasteiger partial charge in [-0.3, -0.25) is 4.79 Å². The number of nitrogens with zero attached hydrogens (tertiary/aromatic N) is 1. The SMILES string of the molecule is O=C(NCCCc1ccccc1)C1CCN(S(=O)(=O)c2ccc(Cl)c(C(F)(F)F)c2)CC1. The minimum absolute atomic E-state index is 0.0639. The van der Waals surface area contributed by atoms with Gasteiger partial charge in [0.25, 0.3) is 0 Å². The standard InChI is InChI=1S/C22H24ClF3N2O3S/c23-20-9-8-18(15-19(20)22(24,25)26)32(30,31)28-13-10-17(11-14-28)21(29)27-12-4-7-16-5-2-1-3-6-16/h1-3,5-6,8-9,15,17H,4,7,10-14H2,(H,27,29). The molecule has 1 aliphatic heterocycles. The van der Waals surface area contributed by atoms with Gasteiger partial charge in [-0.05, 0) is 49.4 Å². The van der Waals surface area contributed by atoms with Gasteiger partial charge in [-0.1, -0.05) is 41.9 Å². The van der Waals surface area contributed by atoms with Crippen LogP contribution in [0.2, 0.25) is 5.02 Å². The zero-order valence-electron chi connectivity index (χ0n) is 17.2. The van der Waals surface area contributed by atoms with Crippen LogP contribution in [0.5, 0.6) is 0 Å². The molecule has 174 valence electrons. The number of carbonyl (C=O) groups is 1. The lowest BCUT2D eigenvalue weighted by molar-refractivity contribution is -0.137. The molecule has 0 unspecified atom stereocenters. The number of carbonyl (C=O) groups excluding carboxylic acids is 1. The molecule has 32 heavy (non-hydrogen) atoms. The molecule has 0 atom stereocenters. The number of halogens is 4. The summed E-state index contributed by atoms with van der Waals surface area (Å²) < 4.78 is 66.0. The van der Waals surface area contributed by atoms with Crippen LogP contribution in [0.15, 0.2) is 53.4 Å². The number of hydrogen-bond donors (Lipinski definition) is 1. The highest BCUT2D eigenvalue weighted by Gasteiger charge is 2.37. The highest BCUT2D eigenvalue weighted by molar-refractivity contribution is 7.89. The molecule has 1 heterocycles. The highest BCUT2D eigenvalue weighted by atomic mass is 35.5. The Balaban J connectivity index is 1.53. The Morgan fingerprint density at radius 1 is 1.09 bits per heavy atom. The van der Waals surface area contributed by atoms with E-state index in [4.69, 9.17) is 11.6 Å². The van der Waals surface area contributed by atoms with Crippen LogP contribution in [0.1, 0.15) is 30.4 Å². The summed E-state index contributed by atoms with van der Waals surface area (Å²) in [5.41, 5.74) is 0.00107. The Labute approximate surface area is 190 Å². The second kappa shape index (κ2) is 10.2. The van der Waals surface area contributed by atoms with Gasteiger partial charge in [0, 0.05) is 25.6 Å². The maximum absolute atomic E-state index is 13.1. The quantitative estimate of drug-likeness (QED) is 0.583. The van der Waals surface area contributed by atoms with Crippen LogP contribution in [-0.2, 0) is 27.4 Å². The molecule has 1 N–H and O–H groups in total. The van der Waals surface area contributed by atoms with E-state index in [-0.39, 0.29) is 24.9 Å². The van der Waals surface area contributed by atoms with Crippen molar-refractivity contribution >= 4 is 27.5 Å². The molecule has 1 aliphatic rings. The molecule has 5 nitrogen and oxygen atoms in total. The molecule has 0 radical (unpaired) electrons. The Morgan fingerprint density at radius 2 is 1.75 bits per heavy atom. The van der Waals surface area contributed by atoms with Crippen molar-refractivity contribution in [3.8, 4) is 0 Å². The number of rotatable bonds is 7. The van der Waals surface area contributed by atoms with Gasteiger partial charge in [-0.25, -0.2) is 8.42 Å². The molecule has 0 saturated carbocycles. The lowest BCUT2D eigenvalue weighted by Crippen LogP contribution is -2.43. The fourth-order valence-electron chi connectivity index (χ4n) is 3.68. The van der Waals surface area contributed by atoms with Crippen LogP contribution in [0.3, 0.4) is 0 Å². The molecule has 0 aliphatic carbocycles. The first-order valence-electron chi connectivity index (χ1n) is 10.3. The molecule has 1 amide bonds. The third-order valence-corrected chi connectivity index (χ3v) is 7.71. The lowest BCUT2D eigenvalue weighted by atomic mass is 9.97. The van der Waals surface area contributed by atoms with Crippen molar-refractivity contribution in [3.05, 3.63) is 64.7 Å². The zero-order valence-corrected chi connectivity index (χ0v) is 18.8. The average molecular weight is 489 g/mol. The van der Waals surface area contributed by atoms with E-state index in [9.17, 15) is 26.4 Å². The first kappa shape index (κ1) is 24.5. The van der Waals surface area contributed by atoms with E-state index in [2.05, 4.69) is 5.32 Å². The maximum Gasteiger partial charge on any atom is 0.417 e. The van der Waals surface area contributed by atoms with Crippen LogP contribution in [0, 0.1) is 5.92 Å². The van der Waals surface area contributed by atoms with Gasteiger partial charge in [0.1, 0.15) is 0 Å². The second-order valence-electron chi connectivity index (χ2n) is 7.70. The Kier molecular flexibility index (Phi) is 7.84. The lowest BCUT2D eigenvalue weighted by Gasteiger charge is -2.30. The normalized spacial score (nSPS) is 16.1. The van der Waals surface area contributed by atoms with Crippen LogP contribution >= 0.6 is 11.6 Å². The number of alkyl halides is 3. The molecule has 1 fully saturated rings. The topological polar surface area (TPSA) is 66.5 Å². The molecule has 0 bridgehead atoms. The first-order valence-corrected chi connectivity index (χ1v) is 12.1. The molecule has 10 heteroatoms. The molecule has 3 rings (SSSR count). The summed E-state index contributed by atoms with van der Waals surface area (Å²) in [7, 11) is -4.12. The Bertz CT molecular complexity index is 1040. The summed E-state index contributed by atoms with van der Waals surface area (Å²) in [6.45, 7) is 0.653. The van der Waals surface area contributed by atoms with Gasteiger partial charge in [0.05, 0.1) is 15.5 Å². The summed E-state index contributed by atoms with van der Waals surface area (Å²) in [5, 5.41) is 2.34. The average Bonchev–Trinajstić information content (AvgIpc) is 2.76. The molecule has 0 spiro atoms. The van der Waals surface area contributed by atoms with Gasteiger partial charge in [0.15, 0.2) is 0 Å². The van der Waals surface area contributed by atoms with Crippen LogP contribution in [0.25, 0.3) is 0 Å². The van der Waals surface area contributed by atoms with Gasteiger partial charge in [-0.15, -0.1) is 0 Å². The summed E-state index contributed by atoms with van der Waals surface area (Å²) in [6, 6.07) is 12.5. The minimum atomic E-state index is -4.76. The van der Waals surface area contributed by atoms with Crippen molar-refractivity contribution in [2.75, 3.05) is 19.6 Å². The molecular formula is C22H24ClF3N2O3S. The van der Waals surface area contributed by atoms with E-state index in [1.807, 2.05) is 30.3 Å². The number of benzene rings is 2. The van der Waals surface area contributed by atoms with Crippen molar-refractivity contribution in [3.63, 3.8) is 0 Å². The number of amides is 1. The summed E-state index contributed by atoms with van der Waals surface area (Å²) in [6.07, 6.45) is -2.50. The van der Waals surface area contributed by atoms with E-state index in [0.717, 1.165) is 29.3 Å². The second-order valence-corrected chi connectivity index (χ2v) is 10.0. The fourth-order valence-corrected chi connectivity index (χ4v) is 5.40. The van der Waals surface area contributed by atoms with Crippen molar-refractivity contribution in [2.45, 2.75) is 36.8 Å². The number of hydrogen-bond acceptors (Lipinski definition) is 3. The van der Waals surface area contributed by atoms with Crippen LogP contribution in [0.4, 0.5) is 13.2 Å². The largest absolute Gasteiger partial charge is 0.417 e. The summed E-state index contributed by atoms with van der Waals surface area (Å²) in [4.78, 5) is 11.9. The van der Waals surface area contributed by atoms with Crippen molar-refractivity contribution in [1.82, 2.24) is 9.62 Å². The monoisotopic (exact) mass is 488 g/mol. The minimum Gasteiger partial charge on any atom is -0.356 e. The third kappa shape index (κ3) is 6.02. The molecule has 2 aromatic rings. The predicted molar refractivity (Wildman–Crippen MR) is 116 cm³/mol. The van der Waals surface area contributed by atoms with Gasteiger partial charge < -0.3 is 5.32 Å². The molecule has 0 aromatic heterocycles. The van der Waals surface area contributed by atoms with Gasteiger partial charge >= 0.3 is 6.18 Å². The number of aryl methyl sites for hydroxylation is 1. The van der Waals surface area contributed by atoms with Crippen molar-refractivity contribution in [2.24, 2.45) is 5.92 Å². The fraction of sp³-hybridized carbons (Fsp3) is 0.409. The van der Waals surface area contributed by atoms with Gasteiger partial charge in [0.2, 0.25) is 15.9 Å². The van der Waals surface area contributed by atoms with Crippen LogP contribution in [-0.4, -0.2) is 38.3 Å². The zero-order chi connectivity index (χ0) is 23.4. The van der Waals surface area contributed by atoms with E-state index in [0.29, 0.717) is 25.5 Å². The van der Waals surface area contributed by atoms with E-state index >= 15 is 0 Å². The maximum atomic E-state index is 13.1. The number of nitrogens with one attached hydrogen (secondary N) is 1. The highest BCUT2D eigenvalue weighted by Crippen LogP contribution is 2.36. The molecular weight excluding hydrogens is 465 g/mol. The first-order chi connectivity index (χ1) is 15.1. The molecule has 2 aromatic carbocycles. The third-order valence-electron chi connectivity index (χ3n) is 5.49. The van der Waals surface area contributed by atoms with Crippen molar-refractivity contribution in [1.29, 1.82) is 0 Å². The molecule has 1 saturated heterocycles. The number of sulfonamides is 1. The van der Waals surface area contributed by atoms with E-state index in [1.54, 1.807) is 0 Å². The predicted octanol–water partition coefficient (Wildman–Crippen LogP) is 4.51. The Hall–Kier alpha value is -2.10. The summed E-state index contributed by atoms with van der Waals surface area (Å²) in [5.74, 6) is -0.449. The van der Waals surface area contributed by atoms with Crippen LogP contribution < -0.4 is 5.32 Å².